The summed E-state index contributed by atoms with van der Waals surface area (Å²) in [4.78, 5) is 0. The number of nitrogens with one attached hydrogen (secondary N) is 1. The SMILES string of the molecule is NC1CCCCC1CNC1CCCCCC1. The van der Waals surface area contributed by atoms with Gasteiger partial charge >= 0.3 is 0 Å². The van der Waals surface area contributed by atoms with Crippen molar-refractivity contribution in [2.45, 2.75) is 76.3 Å². The van der Waals surface area contributed by atoms with Gasteiger partial charge in [-0.3, -0.25) is 0 Å². The highest BCUT2D eigenvalue weighted by Gasteiger charge is 2.22. The van der Waals surface area contributed by atoms with E-state index in [9.17, 15) is 0 Å². The van der Waals surface area contributed by atoms with Gasteiger partial charge in [0, 0.05) is 12.1 Å². The minimum atomic E-state index is 0.465. The molecule has 2 rings (SSSR count). The maximum Gasteiger partial charge on any atom is 0.00792 e. The highest BCUT2D eigenvalue weighted by Crippen LogP contribution is 2.23. The Morgan fingerprint density at radius 2 is 1.44 bits per heavy atom. The van der Waals surface area contributed by atoms with Crippen LogP contribution >= 0.6 is 0 Å². The van der Waals surface area contributed by atoms with E-state index in [1.807, 2.05) is 0 Å². The Balaban J connectivity index is 1.68. The van der Waals surface area contributed by atoms with Crippen LogP contribution in [0.25, 0.3) is 0 Å². The summed E-state index contributed by atoms with van der Waals surface area (Å²) in [5, 5.41) is 3.78. The van der Waals surface area contributed by atoms with E-state index >= 15 is 0 Å². The molecule has 2 saturated carbocycles. The predicted octanol–water partition coefficient (Wildman–Crippen LogP) is 2.82. The molecule has 0 aromatic rings. The first-order chi connectivity index (χ1) is 7.86. The van der Waals surface area contributed by atoms with Gasteiger partial charge in [0.2, 0.25) is 0 Å². The first-order valence-electron chi connectivity index (χ1n) is 7.35. The van der Waals surface area contributed by atoms with Crippen LogP contribution in [0.4, 0.5) is 0 Å². The van der Waals surface area contributed by atoms with E-state index in [1.165, 1.54) is 70.8 Å². The normalized spacial score (nSPS) is 33.6. The summed E-state index contributed by atoms with van der Waals surface area (Å²) in [6.45, 7) is 1.17. The third-order valence-corrected chi connectivity index (χ3v) is 4.49. The molecule has 94 valence electrons. The summed E-state index contributed by atoms with van der Waals surface area (Å²) in [5.41, 5.74) is 6.19. The number of nitrogens with two attached hydrogens (primary N) is 1. The molecule has 2 heteroatoms. The predicted molar refractivity (Wildman–Crippen MR) is 69.4 cm³/mol. The van der Waals surface area contributed by atoms with Gasteiger partial charge in [-0.2, -0.15) is 0 Å². The van der Waals surface area contributed by atoms with Gasteiger partial charge in [0.05, 0.1) is 0 Å². The van der Waals surface area contributed by atoms with Gasteiger partial charge in [0.25, 0.3) is 0 Å². The van der Waals surface area contributed by atoms with E-state index in [0.29, 0.717) is 6.04 Å². The summed E-state index contributed by atoms with van der Waals surface area (Å²) >= 11 is 0. The Morgan fingerprint density at radius 3 is 2.12 bits per heavy atom. The summed E-state index contributed by atoms with van der Waals surface area (Å²) < 4.78 is 0. The van der Waals surface area contributed by atoms with Crippen LogP contribution in [0.5, 0.6) is 0 Å². The van der Waals surface area contributed by atoms with Crippen molar-refractivity contribution in [3.8, 4) is 0 Å². The molecule has 2 nitrogen and oxygen atoms in total. The zero-order valence-electron chi connectivity index (χ0n) is 10.6. The molecule has 2 aliphatic carbocycles. The van der Waals surface area contributed by atoms with Crippen LogP contribution < -0.4 is 11.1 Å². The maximum atomic E-state index is 6.19. The Morgan fingerprint density at radius 1 is 0.812 bits per heavy atom. The van der Waals surface area contributed by atoms with Gasteiger partial charge < -0.3 is 11.1 Å². The zero-order valence-corrected chi connectivity index (χ0v) is 10.6. The average Bonchev–Trinajstić information content (AvgIpc) is 2.56. The zero-order chi connectivity index (χ0) is 11.2. The molecule has 0 spiro atoms. The molecule has 0 amide bonds. The summed E-state index contributed by atoms with van der Waals surface area (Å²) in [6, 6.07) is 1.25. The van der Waals surface area contributed by atoms with Crippen LogP contribution in [-0.4, -0.2) is 18.6 Å². The van der Waals surface area contributed by atoms with Crippen LogP contribution in [0.15, 0.2) is 0 Å². The minimum Gasteiger partial charge on any atom is -0.327 e. The topological polar surface area (TPSA) is 38.0 Å². The average molecular weight is 224 g/mol. The number of hydrogen-bond acceptors (Lipinski definition) is 2. The molecule has 16 heavy (non-hydrogen) atoms. The van der Waals surface area contributed by atoms with Gasteiger partial charge in [-0.25, -0.2) is 0 Å². The second kappa shape index (κ2) is 6.61. The van der Waals surface area contributed by atoms with Crippen molar-refractivity contribution in [1.82, 2.24) is 5.32 Å². The summed E-state index contributed by atoms with van der Waals surface area (Å²) in [7, 11) is 0. The van der Waals surface area contributed by atoms with Crippen LogP contribution in [0.1, 0.15) is 64.2 Å². The van der Waals surface area contributed by atoms with Gasteiger partial charge in [-0.05, 0) is 38.1 Å². The van der Waals surface area contributed by atoms with Crippen molar-refractivity contribution in [2.75, 3.05) is 6.54 Å². The van der Waals surface area contributed by atoms with Gasteiger partial charge in [-0.15, -0.1) is 0 Å². The lowest BCUT2D eigenvalue weighted by Gasteiger charge is -2.30. The summed E-state index contributed by atoms with van der Waals surface area (Å²) in [6.07, 6.45) is 13.9. The van der Waals surface area contributed by atoms with Crippen LogP contribution in [0.2, 0.25) is 0 Å². The Hall–Kier alpha value is -0.0800. The lowest BCUT2D eigenvalue weighted by atomic mass is 9.85. The van der Waals surface area contributed by atoms with E-state index in [4.69, 9.17) is 5.73 Å². The number of rotatable bonds is 3. The first-order valence-corrected chi connectivity index (χ1v) is 7.35. The molecule has 0 bridgehead atoms. The molecule has 0 saturated heterocycles. The van der Waals surface area contributed by atoms with Crippen molar-refractivity contribution in [1.29, 1.82) is 0 Å². The van der Waals surface area contributed by atoms with E-state index < -0.39 is 0 Å². The largest absolute Gasteiger partial charge is 0.327 e. The second-order valence-corrected chi connectivity index (χ2v) is 5.81. The van der Waals surface area contributed by atoms with E-state index in [1.54, 1.807) is 0 Å². The Kier molecular flexibility index (Phi) is 5.11. The fraction of sp³-hybridized carbons (Fsp3) is 1.00. The minimum absolute atomic E-state index is 0.465. The van der Waals surface area contributed by atoms with E-state index in [2.05, 4.69) is 5.32 Å². The fourth-order valence-electron chi connectivity index (χ4n) is 3.29. The molecule has 0 aromatic heterocycles. The van der Waals surface area contributed by atoms with E-state index in [-0.39, 0.29) is 0 Å². The van der Waals surface area contributed by atoms with Crippen molar-refractivity contribution in [2.24, 2.45) is 11.7 Å². The highest BCUT2D eigenvalue weighted by atomic mass is 14.9. The molecule has 2 aliphatic rings. The van der Waals surface area contributed by atoms with Crippen LogP contribution in [0.3, 0.4) is 0 Å². The molecule has 0 radical (unpaired) electrons. The highest BCUT2D eigenvalue weighted by molar-refractivity contribution is 4.81. The fourth-order valence-corrected chi connectivity index (χ4v) is 3.29. The van der Waals surface area contributed by atoms with Crippen molar-refractivity contribution in [3.05, 3.63) is 0 Å². The summed E-state index contributed by atoms with van der Waals surface area (Å²) in [5.74, 6) is 0.747. The molecule has 2 unspecified atom stereocenters. The molecule has 2 fully saturated rings. The smallest absolute Gasteiger partial charge is 0.00792 e. The Bertz CT molecular complexity index is 185. The lowest BCUT2D eigenvalue weighted by Crippen LogP contribution is -2.42. The van der Waals surface area contributed by atoms with Gasteiger partial charge in [0.1, 0.15) is 0 Å². The van der Waals surface area contributed by atoms with Gasteiger partial charge in [-0.1, -0.05) is 38.5 Å². The molecule has 2 atom stereocenters. The van der Waals surface area contributed by atoms with Crippen LogP contribution in [0, 0.1) is 5.92 Å². The van der Waals surface area contributed by atoms with Crippen molar-refractivity contribution >= 4 is 0 Å². The first kappa shape index (κ1) is 12.4. The standard InChI is InChI=1S/C14H28N2/c15-14-10-6-5-7-12(14)11-16-13-8-3-1-2-4-9-13/h12-14,16H,1-11,15H2. The monoisotopic (exact) mass is 224 g/mol. The third kappa shape index (κ3) is 3.74. The molecule has 3 N–H and O–H groups in total. The maximum absolute atomic E-state index is 6.19. The van der Waals surface area contributed by atoms with Crippen LogP contribution in [-0.2, 0) is 0 Å². The quantitative estimate of drug-likeness (QED) is 0.723. The molecule has 0 heterocycles. The van der Waals surface area contributed by atoms with Crippen molar-refractivity contribution in [3.63, 3.8) is 0 Å². The number of hydrogen-bond donors (Lipinski definition) is 2. The van der Waals surface area contributed by atoms with Crippen molar-refractivity contribution < 1.29 is 0 Å². The molecule has 0 aromatic carbocycles. The van der Waals surface area contributed by atoms with E-state index in [0.717, 1.165) is 12.0 Å². The molecular formula is C14H28N2. The second-order valence-electron chi connectivity index (χ2n) is 5.81. The Labute approximate surface area is 100 Å². The third-order valence-electron chi connectivity index (χ3n) is 4.49. The molecular weight excluding hydrogens is 196 g/mol. The lowest BCUT2D eigenvalue weighted by molar-refractivity contribution is 0.281. The molecule has 0 aliphatic heterocycles. The van der Waals surface area contributed by atoms with Gasteiger partial charge in [0.15, 0.2) is 0 Å².